The topological polar surface area (TPSA) is 12.0 Å². The van der Waals surface area contributed by atoms with Gasteiger partial charge in [0.2, 0.25) is 0 Å². The van der Waals surface area contributed by atoms with Crippen LogP contribution < -0.4 is 5.32 Å². The lowest BCUT2D eigenvalue weighted by molar-refractivity contribution is 1.22. The molecular formula is C14H13Cl2NS. The standard InChI is InChI=1S/C14H13Cl2NS/c15-11-4-3-5-12(10-11)18-9-8-17-14-7-2-1-6-13(14)16/h1-7,10,17H,8-9H2. The van der Waals surface area contributed by atoms with Crippen LogP contribution in [0.5, 0.6) is 0 Å². The third kappa shape index (κ3) is 4.13. The zero-order valence-corrected chi connectivity index (χ0v) is 12.0. The molecule has 94 valence electrons. The summed E-state index contributed by atoms with van der Waals surface area (Å²) in [4.78, 5) is 1.18. The fourth-order valence-electron chi connectivity index (χ4n) is 1.52. The van der Waals surface area contributed by atoms with E-state index in [0.29, 0.717) is 0 Å². The molecule has 18 heavy (non-hydrogen) atoms. The van der Waals surface area contributed by atoms with Crippen LogP contribution in [0.25, 0.3) is 0 Å². The van der Waals surface area contributed by atoms with Gasteiger partial charge in [0.25, 0.3) is 0 Å². The predicted molar refractivity (Wildman–Crippen MR) is 82.1 cm³/mol. The Labute approximate surface area is 121 Å². The Bertz CT molecular complexity index is 517. The van der Waals surface area contributed by atoms with E-state index < -0.39 is 0 Å². The van der Waals surface area contributed by atoms with Crippen molar-refractivity contribution < 1.29 is 0 Å². The number of hydrogen-bond acceptors (Lipinski definition) is 2. The summed E-state index contributed by atoms with van der Waals surface area (Å²) >= 11 is 13.8. The van der Waals surface area contributed by atoms with Crippen molar-refractivity contribution in [2.75, 3.05) is 17.6 Å². The highest BCUT2D eigenvalue weighted by atomic mass is 35.5. The molecule has 0 unspecified atom stereocenters. The van der Waals surface area contributed by atoms with Crippen LogP contribution >= 0.6 is 35.0 Å². The number of rotatable bonds is 5. The van der Waals surface area contributed by atoms with Gasteiger partial charge in [0, 0.05) is 22.2 Å². The number of thioether (sulfide) groups is 1. The van der Waals surface area contributed by atoms with E-state index in [2.05, 4.69) is 11.4 Å². The Balaban J connectivity index is 1.78. The Morgan fingerprint density at radius 1 is 1.00 bits per heavy atom. The molecule has 2 aromatic carbocycles. The molecule has 0 atom stereocenters. The van der Waals surface area contributed by atoms with E-state index in [9.17, 15) is 0 Å². The van der Waals surface area contributed by atoms with Gasteiger partial charge in [-0.15, -0.1) is 11.8 Å². The summed E-state index contributed by atoms with van der Waals surface area (Å²) in [6, 6.07) is 15.6. The normalized spacial score (nSPS) is 10.3. The van der Waals surface area contributed by atoms with Crippen LogP contribution in [0.1, 0.15) is 0 Å². The summed E-state index contributed by atoms with van der Waals surface area (Å²) < 4.78 is 0. The molecule has 0 fully saturated rings. The Morgan fingerprint density at radius 3 is 2.61 bits per heavy atom. The van der Waals surface area contributed by atoms with Crippen molar-refractivity contribution in [1.82, 2.24) is 0 Å². The van der Waals surface area contributed by atoms with E-state index in [1.165, 1.54) is 4.90 Å². The second-order valence-corrected chi connectivity index (χ2v) is 5.72. The highest BCUT2D eigenvalue weighted by Gasteiger charge is 1.98. The molecule has 4 heteroatoms. The average molecular weight is 298 g/mol. The summed E-state index contributed by atoms with van der Waals surface area (Å²) in [7, 11) is 0. The fraction of sp³-hybridized carbons (Fsp3) is 0.143. The van der Waals surface area contributed by atoms with Crippen LogP contribution in [0.4, 0.5) is 5.69 Å². The zero-order valence-electron chi connectivity index (χ0n) is 9.70. The first-order chi connectivity index (χ1) is 8.75. The maximum atomic E-state index is 6.05. The van der Waals surface area contributed by atoms with Crippen molar-refractivity contribution in [3.8, 4) is 0 Å². The summed E-state index contributed by atoms with van der Waals surface area (Å²) in [5, 5.41) is 4.84. The number of nitrogens with one attached hydrogen (secondary N) is 1. The molecule has 2 aromatic rings. The maximum absolute atomic E-state index is 6.05. The Hall–Kier alpha value is -0.830. The minimum Gasteiger partial charge on any atom is -0.383 e. The van der Waals surface area contributed by atoms with Gasteiger partial charge in [0.1, 0.15) is 0 Å². The molecule has 0 bridgehead atoms. The highest BCUT2D eigenvalue weighted by Crippen LogP contribution is 2.23. The summed E-state index contributed by atoms with van der Waals surface area (Å²) in [5.41, 5.74) is 0.978. The number of para-hydroxylation sites is 1. The molecule has 0 radical (unpaired) electrons. The van der Waals surface area contributed by atoms with Gasteiger partial charge in [-0.05, 0) is 30.3 Å². The first-order valence-corrected chi connectivity index (χ1v) is 7.36. The smallest absolute Gasteiger partial charge is 0.0637 e. The Kier molecular flexibility index (Phi) is 5.24. The van der Waals surface area contributed by atoms with E-state index in [1.807, 2.05) is 42.5 Å². The molecule has 0 spiro atoms. The first-order valence-electron chi connectivity index (χ1n) is 5.62. The van der Waals surface area contributed by atoms with Gasteiger partial charge in [-0.1, -0.05) is 41.4 Å². The van der Waals surface area contributed by atoms with Gasteiger partial charge in [0.05, 0.1) is 10.7 Å². The third-order valence-corrected chi connectivity index (χ3v) is 3.92. The van der Waals surface area contributed by atoms with Gasteiger partial charge in [-0.3, -0.25) is 0 Å². The van der Waals surface area contributed by atoms with Gasteiger partial charge in [-0.2, -0.15) is 0 Å². The lowest BCUT2D eigenvalue weighted by atomic mass is 10.3. The van der Waals surface area contributed by atoms with E-state index in [-0.39, 0.29) is 0 Å². The molecule has 0 amide bonds. The summed E-state index contributed by atoms with van der Waals surface area (Å²) in [6.07, 6.45) is 0. The van der Waals surface area contributed by atoms with Crippen molar-refractivity contribution >= 4 is 40.7 Å². The molecule has 0 heterocycles. The lowest BCUT2D eigenvalue weighted by Crippen LogP contribution is -2.04. The van der Waals surface area contributed by atoms with Crippen LogP contribution in [0.3, 0.4) is 0 Å². The van der Waals surface area contributed by atoms with Gasteiger partial charge < -0.3 is 5.32 Å². The SMILES string of the molecule is Clc1cccc(SCCNc2ccccc2Cl)c1. The van der Waals surface area contributed by atoms with Crippen LogP contribution in [-0.4, -0.2) is 12.3 Å². The van der Waals surface area contributed by atoms with E-state index in [0.717, 1.165) is 28.0 Å². The van der Waals surface area contributed by atoms with Crippen molar-refractivity contribution in [2.45, 2.75) is 4.90 Å². The maximum Gasteiger partial charge on any atom is 0.0637 e. The van der Waals surface area contributed by atoms with E-state index in [4.69, 9.17) is 23.2 Å². The molecule has 0 aliphatic carbocycles. The quantitative estimate of drug-likeness (QED) is 0.601. The number of anilines is 1. The third-order valence-electron chi connectivity index (χ3n) is 2.36. The molecule has 1 N–H and O–H groups in total. The van der Waals surface area contributed by atoms with Crippen LogP contribution in [-0.2, 0) is 0 Å². The minimum atomic E-state index is 0.755. The lowest BCUT2D eigenvalue weighted by Gasteiger charge is -2.07. The van der Waals surface area contributed by atoms with Gasteiger partial charge in [-0.25, -0.2) is 0 Å². The molecule has 1 nitrogen and oxygen atoms in total. The summed E-state index contributed by atoms with van der Waals surface area (Å²) in [6.45, 7) is 0.862. The van der Waals surface area contributed by atoms with E-state index in [1.54, 1.807) is 11.8 Å². The summed E-state index contributed by atoms with van der Waals surface area (Å²) in [5.74, 6) is 0.964. The predicted octanol–water partition coefficient (Wildman–Crippen LogP) is 5.20. The van der Waals surface area contributed by atoms with Crippen LogP contribution in [0, 0.1) is 0 Å². The molecular weight excluding hydrogens is 285 g/mol. The molecule has 0 aliphatic heterocycles. The number of halogens is 2. The van der Waals surface area contributed by atoms with Crippen molar-refractivity contribution in [1.29, 1.82) is 0 Å². The molecule has 0 aromatic heterocycles. The minimum absolute atomic E-state index is 0.755. The van der Waals surface area contributed by atoms with Crippen molar-refractivity contribution in [2.24, 2.45) is 0 Å². The average Bonchev–Trinajstić information content (AvgIpc) is 2.37. The Morgan fingerprint density at radius 2 is 1.83 bits per heavy atom. The van der Waals surface area contributed by atoms with Crippen LogP contribution in [0.2, 0.25) is 10.0 Å². The number of hydrogen-bond donors (Lipinski definition) is 1. The van der Waals surface area contributed by atoms with Crippen molar-refractivity contribution in [3.05, 3.63) is 58.6 Å². The van der Waals surface area contributed by atoms with Crippen molar-refractivity contribution in [3.63, 3.8) is 0 Å². The molecule has 0 aliphatic rings. The van der Waals surface area contributed by atoms with Gasteiger partial charge >= 0.3 is 0 Å². The first kappa shape index (κ1) is 13.6. The van der Waals surface area contributed by atoms with Crippen LogP contribution in [0.15, 0.2) is 53.4 Å². The molecule has 0 saturated carbocycles. The second-order valence-electron chi connectivity index (χ2n) is 3.71. The fourth-order valence-corrected chi connectivity index (χ4v) is 2.80. The second kappa shape index (κ2) is 6.93. The molecule has 0 saturated heterocycles. The largest absolute Gasteiger partial charge is 0.383 e. The zero-order chi connectivity index (χ0) is 12.8. The van der Waals surface area contributed by atoms with E-state index >= 15 is 0 Å². The molecule has 2 rings (SSSR count). The monoisotopic (exact) mass is 297 g/mol. The highest BCUT2D eigenvalue weighted by molar-refractivity contribution is 7.99. The number of benzene rings is 2. The van der Waals surface area contributed by atoms with Gasteiger partial charge in [0.15, 0.2) is 0 Å².